The number of hydrogen-bond donors (Lipinski definition) is 0. The molecule has 0 saturated heterocycles. The second-order valence-electron chi connectivity index (χ2n) is 15.2. The van der Waals surface area contributed by atoms with Crippen LogP contribution in [0.1, 0.15) is 19.8 Å². The average molecular weight is 820 g/mol. The molecule has 1 unspecified atom stereocenters. The van der Waals surface area contributed by atoms with Crippen molar-refractivity contribution in [3.8, 4) is 0 Å². The van der Waals surface area contributed by atoms with E-state index in [1.165, 1.54) is 0 Å². The predicted octanol–water partition coefficient (Wildman–Crippen LogP) is 4.88. The molecule has 1 atom stereocenters. The number of hydrogen-bond acceptors (Lipinski definition) is 11. The van der Waals surface area contributed by atoms with Gasteiger partial charge in [0.1, 0.15) is 0 Å². The van der Waals surface area contributed by atoms with Crippen LogP contribution in [0, 0.1) is 0 Å². The highest BCUT2D eigenvalue weighted by molar-refractivity contribution is 6.86. The molecule has 1 heterocycles. The molecule has 0 aliphatic carbocycles. The summed E-state index contributed by atoms with van der Waals surface area (Å²) in [6.07, 6.45) is 1.63. The van der Waals surface area contributed by atoms with E-state index in [4.69, 9.17) is 34.8 Å². The third kappa shape index (κ3) is 13.3. The second-order valence-corrected chi connectivity index (χ2v) is 39.3. The zero-order valence-electron chi connectivity index (χ0n) is 33.4. The molecular weight excluding hydrogens is 754 g/mol. The molecule has 0 aliphatic heterocycles. The van der Waals surface area contributed by atoms with Crippen molar-refractivity contribution in [1.82, 2.24) is 13.7 Å². The first-order valence-electron chi connectivity index (χ1n) is 17.2. The Balaban J connectivity index is 3.16. The minimum atomic E-state index is -2.70. The van der Waals surface area contributed by atoms with E-state index in [9.17, 15) is 18.8 Å². The van der Waals surface area contributed by atoms with Crippen LogP contribution in [-0.2, 0) is 54.7 Å². The van der Waals surface area contributed by atoms with Crippen LogP contribution >= 0.6 is 0 Å². The highest BCUT2D eigenvalue weighted by Crippen LogP contribution is 2.31. The third-order valence-corrected chi connectivity index (χ3v) is 31.1. The minimum absolute atomic E-state index is 0.0151. The molecule has 0 aliphatic rings. The SMILES string of the molecule is CO[Si](CCC[Si](C)(C)O[Si](C)(C)CCn1c(=O)n(CF)c(=O)n(CC(C)[Si](C)(C)O[Si](C)(C)CCC[Si](OC)(OC)OC)c1=O)(OC)OC. The summed E-state index contributed by atoms with van der Waals surface area (Å²) in [5, 5.41) is 0. The maximum absolute atomic E-state index is 14.2. The quantitative estimate of drug-likeness (QED) is 0.125. The lowest BCUT2D eigenvalue weighted by Gasteiger charge is -2.38. The molecule has 0 bridgehead atoms. The van der Waals surface area contributed by atoms with E-state index in [-0.39, 0.29) is 18.6 Å². The van der Waals surface area contributed by atoms with Gasteiger partial charge in [-0.25, -0.2) is 32.5 Å². The average Bonchev–Trinajstić information content (AvgIpc) is 3.02. The number of nitrogens with zero attached hydrogens (tertiary/aromatic N) is 3. The molecule has 21 heteroatoms. The molecule has 1 rings (SSSR count). The molecule has 0 fully saturated rings. The molecule has 0 amide bonds. The zero-order chi connectivity index (χ0) is 38.8. The monoisotopic (exact) mass is 819 g/mol. The lowest BCUT2D eigenvalue weighted by molar-refractivity contribution is 0.123. The summed E-state index contributed by atoms with van der Waals surface area (Å²) in [6, 6.07) is 3.46. The molecule has 0 radical (unpaired) electrons. The van der Waals surface area contributed by atoms with Crippen molar-refractivity contribution in [1.29, 1.82) is 0 Å². The van der Waals surface area contributed by atoms with Gasteiger partial charge in [-0.2, -0.15) is 0 Å². The van der Waals surface area contributed by atoms with Gasteiger partial charge in [-0.1, -0.05) is 6.92 Å². The Labute approximate surface area is 304 Å². The van der Waals surface area contributed by atoms with Gasteiger partial charge in [-0.05, 0) is 88.9 Å². The number of aromatic nitrogens is 3. The highest BCUT2D eigenvalue weighted by atomic mass is 28.4. The zero-order valence-corrected chi connectivity index (χ0v) is 39.4. The normalized spacial score (nSPS) is 14.4. The maximum Gasteiger partial charge on any atom is 0.500 e. The number of halogens is 1. The maximum atomic E-state index is 14.2. The van der Waals surface area contributed by atoms with Crippen molar-refractivity contribution < 1.29 is 39.2 Å². The highest BCUT2D eigenvalue weighted by Gasteiger charge is 2.42. The Morgan fingerprint density at radius 2 is 0.900 bits per heavy atom. The van der Waals surface area contributed by atoms with Gasteiger partial charge in [-0.15, -0.1) is 0 Å². The van der Waals surface area contributed by atoms with Crippen LogP contribution in [0.4, 0.5) is 4.39 Å². The summed E-state index contributed by atoms with van der Waals surface area (Å²) in [5.41, 5.74) is -2.83. The van der Waals surface area contributed by atoms with Gasteiger partial charge < -0.3 is 34.8 Å². The van der Waals surface area contributed by atoms with Gasteiger partial charge in [0, 0.05) is 67.8 Å². The fourth-order valence-electron chi connectivity index (χ4n) is 6.29. The Bertz CT molecular complexity index is 1370. The smallest absolute Gasteiger partial charge is 0.455 e. The second kappa shape index (κ2) is 19.6. The van der Waals surface area contributed by atoms with E-state index in [1.807, 2.05) is 6.92 Å². The Kier molecular flexibility index (Phi) is 18.5. The summed E-state index contributed by atoms with van der Waals surface area (Å²) in [5.74, 6) is 0. The van der Waals surface area contributed by atoms with Crippen molar-refractivity contribution in [3.63, 3.8) is 0 Å². The summed E-state index contributed by atoms with van der Waals surface area (Å²) >= 11 is 0. The lowest BCUT2D eigenvalue weighted by Crippen LogP contribution is -2.56. The van der Waals surface area contributed by atoms with Gasteiger partial charge in [0.05, 0.1) is 0 Å². The van der Waals surface area contributed by atoms with Crippen molar-refractivity contribution in [2.75, 3.05) is 42.7 Å². The summed E-state index contributed by atoms with van der Waals surface area (Å²) in [6.45, 7) is 17.5. The molecule has 0 saturated carbocycles. The standard InChI is InChI=1S/C29H66FN3O11Si6/c1-26(48(14,15)44-46(10,11)20-17-22-50(40-5,41-6)42-7)24-32-27(34)31(28(35)33(25-30)29(32)36)18-23-47(12,13)43-45(8,9)19-16-21-49(37-2,38-3)39-4/h26H,16-25H2,1-15H3. The Hall–Kier alpha value is -0.679. The topological polar surface area (TPSA) is 140 Å². The van der Waals surface area contributed by atoms with Gasteiger partial charge in [0.2, 0.25) is 0 Å². The first-order valence-corrected chi connectivity index (χ1v) is 33.4. The van der Waals surface area contributed by atoms with Crippen LogP contribution in [-0.4, -0.2) is 107 Å². The van der Waals surface area contributed by atoms with Gasteiger partial charge in [0.25, 0.3) is 0 Å². The largest absolute Gasteiger partial charge is 0.500 e. The van der Waals surface area contributed by atoms with E-state index < -0.39 is 74.7 Å². The van der Waals surface area contributed by atoms with Crippen molar-refractivity contribution in [2.24, 2.45) is 0 Å². The Morgan fingerprint density at radius 1 is 0.540 bits per heavy atom. The van der Waals surface area contributed by atoms with Crippen LogP contribution in [0.3, 0.4) is 0 Å². The molecule has 14 nitrogen and oxygen atoms in total. The molecule has 1 aromatic rings. The van der Waals surface area contributed by atoms with Crippen LogP contribution in [0.5, 0.6) is 0 Å². The van der Waals surface area contributed by atoms with Crippen molar-refractivity contribution in [2.45, 2.75) is 128 Å². The van der Waals surface area contributed by atoms with E-state index in [0.717, 1.165) is 34.1 Å². The first kappa shape index (κ1) is 47.3. The Morgan fingerprint density at radius 3 is 1.30 bits per heavy atom. The van der Waals surface area contributed by atoms with Gasteiger partial charge in [0.15, 0.2) is 40.1 Å². The van der Waals surface area contributed by atoms with E-state index in [2.05, 4.69) is 52.4 Å². The fraction of sp³-hybridized carbons (Fsp3) is 0.897. The summed E-state index contributed by atoms with van der Waals surface area (Å²) in [4.78, 5) is 40.3. The van der Waals surface area contributed by atoms with Crippen LogP contribution in [0.15, 0.2) is 14.4 Å². The van der Waals surface area contributed by atoms with Crippen molar-refractivity contribution in [3.05, 3.63) is 31.5 Å². The third-order valence-electron chi connectivity index (χ3n) is 9.57. The number of rotatable bonds is 25. The van der Waals surface area contributed by atoms with Crippen LogP contribution in [0.25, 0.3) is 0 Å². The lowest BCUT2D eigenvalue weighted by atomic mass is 10.4. The molecule has 294 valence electrons. The van der Waals surface area contributed by atoms with E-state index >= 15 is 0 Å². The van der Waals surface area contributed by atoms with Gasteiger partial charge >= 0.3 is 34.7 Å². The van der Waals surface area contributed by atoms with Gasteiger partial charge in [-0.3, -0.25) is 0 Å². The fourth-order valence-corrected chi connectivity index (χ4v) is 27.6. The van der Waals surface area contributed by atoms with Crippen LogP contribution < -0.4 is 17.1 Å². The van der Waals surface area contributed by atoms with Crippen molar-refractivity contribution >= 4 is 50.9 Å². The number of alkyl halides is 1. The summed E-state index contributed by atoms with van der Waals surface area (Å²) < 4.78 is 63.5. The molecule has 50 heavy (non-hydrogen) atoms. The van der Waals surface area contributed by atoms with Crippen LogP contribution in [0.2, 0.25) is 88.1 Å². The molecule has 0 aromatic carbocycles. The molecule has 0 spiro atoms. The van der Waals surface area contributed by atoms with E-state index in [1.54, 1.807) is 42.7 Å². The first-order chi connectivity index (χ1) is 23.0. The summed E-state index contributed by atoms with van der Waals surface area (Å²) in [7, 11) is -5.06. The van der Waals surface area contributed by atoms with E-state index in [0.29, 0.717) is 22.7 Å². The molecule has 0 N–H and O–H groups in total. The predicted molar refractivity (Wildman–Crippen MR) is 209 cm³/mol. The molecular formula is C29H66FN3O11Si6. The molecule has 1 aromatic heterocycles. The minimum Gasteiger partial charge on any atom is -0.455 e.